The number of carbonyl (C=O) groups is 1. The Morgan fingerprint density at radius 2 is 2.26 bits per heavy atom. The lowest BCUT2D eigenvalue weighted by atomic mass is 10.3. The summed E-state index contributed by atoms with van der Waals surface area (Å²) in [6.45, 7) is 6.85. The number of nitrogens with zero attached hydrogens (tertiary/aromatic N) is 6. The van der Waals surface area contributed by atoms with Gasteiger partial charge in [-0.1, -0.05) is 12.1 Å². The average molecular weight is 321 g/mol. The molecule has 0 spiro atoms. The summed E-state index contributed by atoms with van der Waals surface area (Å²) in [6, 6.07) is -0.482. The van der Waals surface area contributed by atoms with Crippen LogP contribution in [0.5, 0.6) is 0 Å². The monoisotopic (exact) mass is 321 g/mol. The first-order chi connectivity index (χ1) is 11.0. The van der Waals surface area contributed by atoms with E-state index in [1.165, 1.54) is 11.2 Å². The molecule has 0 radical (unpaired) electrons. The summed E-state index contributed by atoms with van der Waals surface area (Å²) in [5, 5.41) is 10.9. The van der Waals surface area contributed by atoms with Gasteiger partial charge in [-0.05, 0) is 20.3 Å². The van der Waals surface area contributed by atoms with E-state index in [0.717, 1.165) is 18.7 Å². The Kier molecular flexibility index (Phi) is 5.67. The van der Waals surface area contributed by atoms with Gasteiger partial charge in [0.05, 0.1) is 6.04 Å². The Morgan fingerprint density at radius 1 is 1.48 bits per heavy atom. The van der Waals surface area contributed by atoms with Crippen LogP contribution in [0.25, 0.3) is 0 Å². The second-order valence-electron chi connectivity index (χ2n) is 5.32. The standard InChI is InChI=1S/C14H23N7O2/c1-5-7-11-18-12(23-19-11)8-20(4)14(22)17-10(3)13-15-9-16-21(13)6-2/h9-10H,5-8H2,1-4H3,(H,17,22). The van der Waals surface area contributed by atoms with Gasteiger partial charge in [-0.15, -0.1) is 0 Å². The van der Waals surface area contributed by atoms with Crippen LogP contribution >= 0.6 is 0 Å². The van der Waals surface area contributed by atoms with E-state index < -0.39 is 0 Å². The summed E-state index contributed by atoms with van der Waals surface area (Å²) in [7, 11) is 1.68. The van der Waals surface area contributed by atoms with Crippen molar-refractivity contribution in [3.05, 3.63) is 23.9 Å². The Balaban J connectivity index is 1.91. The van der Waals surface area contributed by atoms with Gasteiger partial charge in [-0.3, -0.25) is 0 Å². The molecule has 0 saturated carbocycles. The summed E-state index contributed by atoms with van der Waals surface area (Å²) in [4.78, 5) is 22.2. The first kappa shape index (κ1) is 16.9. The molecule has 9 heteroatoms. The van der Waals surface area contributed by atoms with Gasteiger partial charge >= 0.3 is 6.03 Å². The lowest BCUT2D eigenvalue weighted by molar-refractivity contribution is 0.195. The lowest BCUT2D eigenvalue weighted by Gasteiger charge is -2.19. The van der Waals surface area contributed by atoms with Gasteiger partial charge in [-0.2, -0.15) is 10.1 Å². The molecule has 2 aromatic rings. The molecule has 1 atom stereocenters. The van der Waals surface area contributed by atoms with Gasteiger partial charge in [-0.25, -0.2) is 14.5 Å². The van der Waals surface area contributed by atoms with Crippen molar-refractivity contribution < 1.29 is 9.32 Å². The number of carbonyl (C=O) groups excluding carboxylic acids is 1. The third-order valence-electron chi connectivity index (χ3n) is 3.38. The molecule has 2 aromatic heterocycles. The first-order valence-corrected chi connectivity index (χ1v) is 7.75. The molecule has 0 fully saturated rings. The molecule has 126 valence electrons. The number of amides is 2. The molecule has 0 aromatic carbocycles. The van der Waals surface area contributed by atoms with Crippen LogP contribution in [-0.4, -0.2) is 42.9 Å². The van der Waals surface area contributed by atoms with Crippen molar-refractivity contribution in [3.63, 3.8) is 0 Å². The number of nitrogens with one attached hydrogen (secondary N) is 1. The van der Waals surface area contributed by atoms with E-state index in [9.17, 15) is 4.79 Å². The minimum absolute atomic E-state index is 0.238. The van der Waals surface area contributed by atoms with Crippen LogP contribution in [0.15, 0.2) is 10.9 Å². The van der Waals surface area contributed by atoms with Gasteiger partial charge in [0.15, 0.2) is 5.82 Å². The van der Waals surface area contributed by atoms with Crippen LogP contribution in [0.4, 0.5) is 4.79 Å². The van der Waals surface area contributed by atoms with E-state index >= 15 is 0 Å². The Bertz CT molecular complexity index is 637. The quantitative estimate of drug-likeness (QED) is 0.830. The SMILES string of the molecule is CCCc1noc(CN(C)C(=O)NC(C)c2ncnn2CC)n1. The van der Waals surface area contributed by atoms with Gasteiger partial charge < -0.3 is 14.7 Å². The molecule has 0 bridgehead atoms. The van der Waals surface area contributed by atoms with Crippen LogP contribution < -0.4 is 5.32 Å². The second-order valence-corrected chi connectivity index (χ2v) is 5.32. The largest absolute Gasteiger partial charge is 0.337 e. The smallest absolute Gasteiger partial charge is 0.318 e. The fourth-order valence-corrected chi connectivity index (χ4v) is 2.17. The highest BCUT2D eigenvalue weighted by Gasteiger charge is 2.19. The van der Waals surface area contributed by atoms with E-state index in [2.05, 4.69) is 25.5 Å². The molecule has 9 nitrogen and oxygen atoms in total. The zero-order valence-corrected chi connectivity index (χ0v) is 14.0. The van der Waals surface area contributed by atoms with Crippen molar-refractivity contribution in [2.45, 2.75) is 52.7 Å². The van der Waals surface area contributed by atoms with Crippen LogP contribution in [-0.2, 0) is 19.5 Å². The van der Waals surface area contributed by atoms with Crippen LogP contribution in [0, 0.1) is 0 Å². The highest BCUT2D eigenvalue weighted by Crippen LogP contribution is 2.10. The second kappa shape index (κ2) is 7.70. The number of urea groups is 1. The van der Waals surface area contributed by atoms with Gasteiger partial charge in [0.1, 0.15) is 18.7 Å². The van der Waals surface area contributed by atoms with Crippen molar-refractivity contribution in [3.8, 4) is 0 Å². The molecular weight excluding hydrogens is 298 g/mol. The number of hydrogen-bond acceptors (Lipinski definition) is 6. The van der Waals surface area contributed by atoms with Gasteiger partial charge in [0.25, 0.3) is 0 Å². The number of aryl methyl sites for hydroxylation is 2. The van der Waals surface area contributed by atoms with Crippen molar-refractivity contribution in [2.24, 2.45) is 0 Å². The van der Waals surface area contributed by atoms with E-state index in [-0.39, 0.29) is 18.6 Å². The molecule has 0 aliphatic heterocycles. The summed E-state index contributed by atoms with van der Waals surface area (Å²) in [6.07, 6.45) is 3.20. The average Bonchev–Trinajstić information content (AvgIpc) is 3.16. The maximum absolute atomic E-state index is 12.3. The molecule has 1 unspecified atom stereocenters. The van der Waals surface area contributed by atoms with Gasteiger partial charge in [0.2, 0.25) is 5.89 Å². The number of rotatable bonds is 7. The minimum Gasteiger partial charge on any atom is -0.337 e. The molecule has 0 aliphatic rings. The molecule has 2 heterocycles. The summed E-state index contributed by atoms with van der Waals surface area (Å²) in [5.74, 6) is 1.81. The fraction of sp³-hybridized carbons (Fsp3) is 0.643. The predicted molar refractivity (Wildman–Crippen MR) is 82.4 cm³/mol. The highest BCUT2D eigenvalue weighted by molar-refractivity contribution is 5.74. The Morgan fingerprint density at radius 3 is 2.96 bits per heavy atom. The minimum atomic E-state index is -0.245. The lowest BCUT2D eigenvalue weighted by Crippen LogP contribution is -2.39. The number of aromatic nitrogens is 5. The van der Waals surface area contributed by atoms with Gasteiger partial charge in [0, 0.05) is 20.0 Å². The maximum atomic E-state index is 12.3. The van der Waals surface area contributed by atoms with Crippen molar-refractivity contribution in [1.29, 1.82) is 0 Å². The van der Waals surface area contributed by atoms with Crippen LogP contribution in [0.1, 0.15) is 50.8 Å². The third-order valence-corrected chi connectivity index (χ3v) is 3.38. The molecular formula is C14H23N7O2. The zero-order chi connectivity index (χ0) is 16.8. The molecule has 0 aliphatic carbocycles. The normalized spacial score (nSPS) is 12.2. The predicted octanol–water partition coefficient (Wildman–Crippen LogP) is 1.54. The van der Waals surface area contributed by atoms with Crippen molar-refractivity contribution >= 4 is 6.03 Å². The maximum Gasteiger partial charge on any atom is 0.318 e. The van der Waals surface area contributed by atoms with Crippen molar-refractivity contribution in [2.75, 3.05) is 7.05 Å². The summed E-state index contributed by atoms with van der Waals surface area (Å²) < 4.78 is 6.89. The third kappa shape index (κ3) is 4.27. The molecule has 1 N–H and O–H groups in total. The highest BCUT2D eigenvalue weighted by atomic mass is 16.5. The zero-order valence-electron chi connectivity index (χ0n) is 14.0. The molecule has 23 heavy (non-hydrogen) atoms. The van der Waals surface area contributed by atoms with E-state index in [4.69, 9.17) is 4.52 Å². The Labute approximate surface area is 135 Å². The van der Waals surface area contributed by atoms with E-state index in [1.807, 2.05) is 20.8 Å². The van der Waals surface area contributed by atoms with Crippen LogP contribution in [0.3, 0.4) is 0 Å². The van der Waals surface area contributed by atoms with Crippen molar-refractivity contribution in [1.82, 2.24) is 35.1 Å². The number of hydrogen-bond donors (Lipinski definition) is 1. The fourth-order valence-electron chi connectivity index (χ4n) is 2.17. The first-order valence-electron chi connectivity index (χ1n) is 7.75. The van der Waals surface area contributed by atoms with Crippen LogP contribution in [0.2, 0.25) is 0 Å². The summed E-state index contributed by atoms with van der Waals surface area (Å²) >= 11 is 0. The summed E-state index contributed by atoms with van der Waals surface area (Å²) in [5.41, 5.74) is 0. The molecule has 0 saturated heterocycles. The topological polar surface area (TPSA) is 102 Å². The van der Waals surface area contributed by atoms with E-state index in [0.29, 0.717) is 18.3 Å². The molecule has 2 rings (SSSR count). The van der Waals surface area contributed by atoms with E-state index in [1.54, 1.807) is 11.7 Å². The Hall–Kier alpha value is -2.45. The molecule has 2 amide bonds.